The number of anilines is 1. The Hall–Kier alpha value is -2.81. The summed E-state index contributed by atoms with van der Waals surface area (Å²) in [5, 5.41) is 15.5. The van der Waals surface area contributed by atoms with E-state index in [4.69, 9.17) is 0 Å². The Labute approximate surface area is 140 Å². The van der Waals surface area contributed by atoms with E-state index >= 15 is 0 Å². The summed E-state index contributed by atoms with van der Waals surface area (Å²) >= 11 is 1.64. The number of benzene rings is 1. The van der Waals surface area contributed by atoms with Crippen LogP contribution in [0.3, 0.4) is 0 Å². The molecule has 2 aromatic heterocycles. The third-order valence-electron chi connectivity index (χ3n) is 3.56. The Morgan fingerprint density at radius 2 is 2.21 bits per heavy atom. The number of nitrogens with one attached hydrogen (secondary N) is 2. The number of H-pyrrole nitrogens is 1. The van der Waals surface area contributed by atoms with E-state index in [1.807, 2.05) is 6.20 Å². The van der Waals surface area contributed by atoms with Gasteiger partial charge in [-0.15, -0.1) is 11.3 Å². The van der Waals surface area contributed by atoms with Gasteiger partial charge in [0.25, 0.3) is 11.2 Å². The Morgan fingerprint density at radius 1 is 1.38 bits per heavy atom. The van der Waals surface area contributed by atoms with Gasteiger partial charge in [-0.05, 0) is 12.5 Å². The van der Waals surface area contributed by atoms with Gasteiger partial charge in [-0.2, -0.15) is 0 Å². The summed E-state index contributed by atoms with van der Waals surface area (Å²) in [6.45, 7) is 2.58. The largest absolute Gasteiger partial charge is 0.379 e. The summed E-state index contributed by atoms with van der Waals surface area (Å²) in [5.74, 6) is 0. The lowest BCUT2D eigenvalue weighted by Crippen LogP contribution is -2.10. The van der Waals surface area contributed by atoms with Crippen molar-refractivity contribution in [1.82, 2.24) is 15.0 Å². The van der Waals surface area contributed by atoms with Gasteiger partial charge in [-0.3, -0.25) is 14.9 Å². The molecule has 9 heteroatoms. The molecule has 0 saturated carbocycles. The second-order valence-electron chi connectivity index (χ2n) is 5.13. The molecule has 8 nitrogen and oxygen atoms in total. The second kappa shape index (κ2) is 6.75. The lowest BCUT2D eigenvalue weighted by molar-refractivity contribution is -0.383. The average molecular weight is 345 g/mol. The van der Waals surface area contributed by atoms with Crippen molar-refractivity contribution in [3.05, 3.63) is 55.0 Å². The van der Waals surface area contributed by atoms with Crippen molar-refractivity contribution in [3.63, 3.8) is 0 Å². The zero-order chi connectivity index (χ0) is 17.1. The number of hydrogen-bond donors (Lipinski definition) is 2. The normalized spacial score (nSPS) is 10.9. The van der Waals surface area contributed by atoms with Crippen molar-refractivity contribution in [1.29, 1.82) is 0 Å². The minimum Gasteiger partial charge on any atom is -0.379 e. The maximum atomic E-state index is 11.7. The molecule has 2 heterocycles. The molecule has 24 heavy (non-hydrogen) atoms. The minimum absolute atomic E-state index is 0.144. The van der Waals surface area contributed by atoms with Crippen LogP contribution in [0.2, 0.25) is 0 Å². The number of aryl methyl sites for hydroxylation is 1. The quantitative estimate of drug-likeness (QED) is 0.524. The van der Waals surface area contributed by atoms with Gasteiger partial charge >= 0.3 is 0 Å². The Morgan fingerprint density at radius 3 is 2.92 bits per heavy atom. The highest BCUT2D eigenvalue weighted by Crippen LogP contribution is 2.28. The lowest BCUT2D eigenvalue weighted by Gasteiger charge is -2.07. The van der Waals surface area contributed by atoms with Gasteiger partial charge in [0.1, 0.15) is 5.69 Å². The van der Waals surface area contributed by atoms with Crippen LogP contribution in [0.15, 0.2) is 29.5 Å². The highest BCUT2D eigenvalue weighted by molar-refractivity contribution is 7.11. The number of hydrogen-bond acceptors (Lipinski definition) is 7. The molecule has 0 unspecified atom stereocenters. The van der Waals surface area contributed by atoms with Gasteiger partial charge in [-0.1, -0.05) is 6.92 Å². The molecule has 3 aromatic rings. The number of nitrogens with zero attached hydrogens (tertiary/aromatic N) is 3. The van der Waals surface area contributed by atoms with Crippen LogP contribution >= 0.6 is 11.3 Å². The van der Waals surface area contributed by atoms with Crippen molar-refractivity contribution in [2.24, 2.45) is 0 Å². The van der Waals surface area contributed by atoms with Crippen LogP contribution in [0.4, 0.5) is 11.4 Å². The lowest BCUT2D eigenvalue weighted by atomic mass is 10.2. The molecule has 0 bridgehead atoms. The number of aromatic nitrogens is 3. The first-order chi connectivity index (χ1) is 11.6. The Kier molecular flexibility index (Phi) is 4.52. The van der Waals surface area contributed by atoms with Crippen molar-refractivity contribution in [3.8, 4) is 0 Å². The number of thiazole rings is 1. The fourth-order valence-electron chi connectivity index (χ4n) is 2.33. The summed E-state index contributed by atoms with van der Waals surface area (Å²) in [6, 6.07) is 2.78. The number of nitro benzene ring substituents is 1. The summed E-state index contributed by atoms with van der Waals surface area (Å²) < 4.78 is 0. The molecule has 2 N–H and O–H groups in total. The standard InChI is InChI=1S/C15H15N5O3S/c1-2-9-7-17-14(24-9)3-4-16-12-6-11-10(5-13(12)20(22)23)15(21)19-8-18-11/h5-8,16H,2-4H2,1H3,(H,18,19,21). The van der Waals surface area contributed by atoms with Crippen LogP contribution in [0, 0.1) is 10.1 Å². The van der Waals surface area contributed by atoms with Gasteiger partial charge in [0.2, 0.25) is 0 Å². The fraction of sp³-hybridized carbons (Fsp3) is 0.267. The maximum Gasteiger partial charge on any atom is 0.293 e. The van der Waals surface area contributed by atoms with Crippen LogP contribution in [0.25, 0.3) is 10.9 Å². The van der Waals surface area contributed by atoms with E-state index in [1.54, 1.807) is 11.3 Å². The summed E-state index contributed by atoms with van der Waals surface area (Å²) in [5.41, 5.74) is 0.214. The molecule has 0 radical (unpaired) electrons. The third kappa shape index (κ3) is 3.25. The Balaban J connectivity index is 1.83. The first-order valence-electron chi connectivity index (χ1n) is 7.41. The van der Waals surface area contributed by atoms with Crippen LogP contribution in [-0.4, -0.2) is 26.4 Å². The van der Waals surface area contributed by atoms with Crippen molar-refractivity contribution >= 4 is 33.6 Å². The van der Waals surface area contributed by atoms with E-state index in [9.17, 15) is 14.9 Å². The molecule has 3 rings (SSSR count). The molecule has 0 aliphatic heterocycles. The predicted octanol–water partition coefficient (Wildman–Crippen LogP) is 2.50. The van der Waals surface area contributed by atoms with Gasteiger partial charge in [-0.25, -0.2) is 9.97 Å². The maximum absolute atomic E-state index is 11.7. The van der Waals surface area contributed by atoms with Crippen molar-refractivity contribution in [2.75, 3.05) is 11.9 Å². The zero-order valence-corrected chi connectivity index (χ0v) is 13.7. The fourth-order valence-corrected chi connectivity index (χ4v) is 3.19. The van der Waals surface area contributed by atoms with Crippen LogP contribution in [-0.2, 0) is 12.8 Å². The molecule has 0 saturated heterocycles. The number of rotatable bonds is 6. The first kappa shape index (κ1) is 16.1. The highest BCUT2D eigenvalue weighted by atomic mass is 32.1. The SMILES string of the molecule is CCc1cnc(CCNc2cc3nc[nH]c(=O)c3cc2[N+](=O)[O-])s1. The summed E-state index contributed by atoms with van der Waals surface area (Å²) in [7, 11) is 0. The van der Waals surface area contributed by atoms with Gasteiger partial charge in [0, 0.05) is 30.1 Å². The highest BCUT2D eigenvalue weighted by Gasteiger charge is 2.17. The zero-order valence-electron chi connectivity index (χ0n) is 12.9. The molecular weight excluding hydrogens is 330 g/mol. The molecule has 0 amide bonds. The smallest absolute Gasteiger partial charge is 0.293 e. The molecule has 0 fully saturated rings. The number of aromatic amines is 1. The van der Waals surface area contributed by atoms with E-state index in [1.165, 1.54) is 23.3 Å². The number of fused-ring (bicyclic) bond motifs is 1. The van der Waals surface area contributed by atoms with Crippen LogP contribution in [0.1, 0.15) is 16.8 Å². The topological polar surface area (TPSA) is 114 Å². The molecule has 124 valence electrons. The monoisotopic (exact) mass is 345 g/mol. The average Bonchev–Trinajstić information content (AvgIpc) is 3.02. The third-order valence-corrected chi connectivity index (χ3v) is 4.76. The van der Waals surface area contributed by atoms with E-state index < -0.39 is 10.5 Å². The predicted molar refractivity (Wildman–Crippen MR) is 92.7 cm³/mol. The molecule has 0 atom stereocenters. The number of nitro groups is 1. The molecular formula is C15H15N5O3S. The van der Waals surface area contributed by atoms with Crippen LogP contribution in [0.5, 0.6) is 0 Å². The van der Waals surface area contributed by atoms with E-state index in [-0.39, 0.29) is 11.1 Å². The van der Waals surface area contributed by atoms with Crippen LogP contribution < -0.4 is 10.9 Å². The molecule has 0 spiro atoms. The summed E-state index contributed by atoms with van der Waals surface area (Å²) in [6.07, 6.45) is 4.75. The summed E-state index contributed by atoms with van der Waals surface area (Å²) in [4.78, 5) is 34.5. The van der Waals surface area contributed by atoms with E-state index in [0.29, 0.717) is 24.2 Å². The molecule has 0 aliphatic carbocycles. The molecule has 1 aromatic carbocycles. The van der Waals surface area contributed by atoms with E-state index in [2.05, 4.69) is 27.2 Å². The van der Waals surface area contributed by atoms with Gasteiger partial charge in [0.05, 0.1) is 27.2 Å². The minimum atomic E-state index is -0.507. The van der Waals surface area contributed by atoms with Gasteiger partial charge < -0.3 is 10.3 Å². The van der Waals surface area contributed by atoms with Crippen molar-refractivity contribution < 1.29 is 4.92 Å². The Bertz CT molecular complexity index is 950. The molecule has 0 aliphatic rings. The van der Waals surface area contributed by atoms with Crippen molar-refractivity contribution in [2.45, 2.75) is 19.8 Å². The van der Waals surface area contributed by atoms with Gasteiger partial charge in [0.15, 0.2) is 0 Å². The van der Waals surface area contributed by atoms with E-state index in [0.717, 1.165) is 11.4 Å². The first-order valence-corrected chi connectivity index (χ1v) is 8.23. The second-order valence-corrected chi connectivity index (χ2v) is 6.33.